The van der Waals surface area contributed by atoms with Gasteiger partial charge in [-0.2, -0.15) is 13.2 Å². The van der Waals surface area contributed by atoms with E-state index in [4.69, 9.17) is 0 Å². The number of likely N-dealkylation sites (N-methyl/N-ethyl adjacent to an activating group) is 1. The fourth-order valence-electron chi connectivity index (χ4n) is 5.58. The monoisotopic (exact) mass is 581 g/mol. The molecule has 0 aliphatic carbocycles. The number of aliphatic hydroxyl groups is 2. The van der Waals surface area contributed by atoms with Crippen molar-refractivity contribution in [3.63, 3.8) is 0 Å². The van der Waals surface area contributed by atoms with E-state index in [9.17, 15) is 33.0 Å². The van der Waals surface area contributed by atoms with E-state index in [1.54, 1.807) is 30.1 Å². The maximum atomic E-state index is 15.5. The van der Waals surface area contributed by atoms with Crippen molar-refractivity contribution in [2.45, 2.75) is 63.3 Å². The Kier molecular flexibility index (Phi) is 11.3. The topological polar surface area (TPSA) is 102 Å². The van der Waals surface area contributed by atoms with Gasteiger partial charge >= 0.3 is 12.1 Å². The summed E-state index contributed by atoms with van der Waals surface area (Å²) in [7, 11) is 1.66. The minimum atomic E-state index is -5.03. The van der Waals surface area contributed by atoms with Crippen LogP contribution in [-0.2, 0) is 21.6 Å². The first-order chi connectivity index (χ1) is 19.4. The molecule has 1 aliphatic heterocycles. The molecule has 2 aromatic rings. The van der Waals surface area contributed by atoms with Crippen LogP contribution in [0.25, 0.3) is 11.1 Å². The summed E-state index contributed by atoms with van der Waals surface area (Å²) in [5, 5.41) is 27.2. The molecular formula is C30H39F4N3O4. The van der Waals surface area contributed by atoms with E-state index >= 15 is 4.39 Å². The van der Waals surface area contributed by atoms with Crippen molar-refractivity contribution in [2.24, 2.45) is 5.92 Å². The number of amides is 2. The van der Waals surface area contributed by atoms with Gasteiger partial charge in [0.1, 0.15) is 5.82 Å². The number of likely N-dealkylation sites (tertiary alicyclic amines) is 1. The standard InChI is InChI=1S/C30H39F4N3O4/c1-3-20-8-4-9-21(16-20)27-24(11-5-12-25(27)31)29(41,13-7-14-36-28(40)30(32,33)34)22-10-6-15-37(19-22)26(39)17-23(38)18-35-2/h4-5,8-9,11-12,16,22-23,35,38,41H,3,6-7,10,13-15,17-19H2,1-2H3,(H,36,40)/t22-,23?,29?/m1/s1. The maximum absolute atomic E-state index is 15.5. The summed E-state index contributed by atoms with van der Waals surface area (Å²) in [6, 6.07) is 11.7. The molecule has 11 heteroatoms. The Hall–Kier alpha value is -3.02. The van der Waals surface area contributed by atoms with Crippen LogP contribution in [-0.4, -0.2) is 72.4 Å². The molecule has 226 valence electrons. The SMILES string of the molecule is CCc1cccc(-c2c(F)cccc2C(O)(CCCNC(=O)C(F)(F)F)[C@@H]2CCCN(C(=O)CC(O)CNC)C2)c1. The zero-order valence-corrected chi connectivity index (χ0v) is 23.4. The van der Waals surface area contributed by atoms with Crippen LogP contribution in [0.5, 0.6) is 0 Å². The molecule has 0 bridgehead atoms. The molecule has 1 heterocycles. The summed E-state index contributed by atoms with van der Waals surface area (Å²) in [4.78, 5) is 25.9. The Morgan fingerprint density at radius 1 is 1.17 bits per heavy atom. The van der Waals surface area contributed by atoms with Gasteiger partial charge in [0.15, 0.2) is 0 Å². The van der Waals surface area contributed by atoms with Crippen LogP contribution in [0, 0.1) is 11.7 Å². The number of alkyl halides is 3. The normalized spacial score (nSPS) is 18.0. The minimum Gasteiger partial charge on any atom is -0.391 e. The molecule has 2 unspecified atom stereocenters. The van der Waals surface area contributed by atoms with Gasteiger partial charge in [-0.3, -0.25) is 9.59 Å². The third-order valence-electron chi connectivity index (χ3n) is 7.68. The molecule has 1 fully saturated rings. The van der Waals surface area contributed by atoms with E-state index < -0.39 is 35.5 Å². The number of hydrogen-bond donors (Lipinski definition) is 4. The number of nitrogens with zero attached hydrogens (tertiary/aromatic N) is 1. The van der Waals surface area contributed by atoms with Crippen molar-refractivity contribution < 1.29 is 37.4 Å². The molecule has 3 atom stereocenters. The van der Waals surface area contributed by atoms with Crippen molar-refractivity contribution in [1.29, 1.82) is 0 Å². The smallest absolute Gasteiger partial charge is 0.391 e. The van der Waals surface area contributed by atoms with E-state index in [1.807, 2.05) is 24.4 Å². The molecule has 7 nitrogen and oxygen atoms in total. The predicted molar refractivity (Wildman–Crippen MR) is 147 cm³/mol. The Balaban J connectivity index is 1.98. The number of aryl methyl sites for hydroxylation is 1. The minimum absolute atomic E-state index is 0.0192. The molecule has 0 spiro atoms. The van der Waals surface area contributed by atoms with Gasteiger partial charge in [-0.1, -0.05) is 43.3 Å². The summed E-state index contributed by atoms with van der Waals surface area (Å²) >= 11 is 0. The first-order valence-electron chi connectivity index (χ1n) is 14.0. The molecule has 2 amide bonds. The van der Waals surface area contributed by atoms with Crippen molar-refractivity contribution in [2.75, 3.05) is 33.2 Å². The lowest BCUT2D eigenvalue weighted by molar-refractivity contribution is -0.173. The summed E-state index contributed by atoms with van der Waals surface area (Å²) in [5.41, 5.74) is 0.260. The third kappa shape index (κ3) is 8.27. The number of rotatable bonds is 12. The maximum Gasteiger partial charge on any atom is 0.471 e. The summed E-state index contributed by atoms with van der Waals surface area (Å²) in [6.07, 6.45) is -4.38. The van der Waals surface area contributed by atoms with Crippen LogP contribution >= 0.6 is 0 Å². The lowest BCUT2D eigenvalue weighted by Crippen LogP contribution is -2.49. The molecule has 4 N–H and O–H groups in total. The van der Waals surface area contributed by atoms with Crippen LogP contribution in [0.4, 0.5) is 17.6 Å². The second-order valence-electron chi connectivity index (χ2n) is 10.6. The van der Waals surface area contributed by atoms with E-state index in [0.717, 1.165) is 5.56 Å². The molecule has 0 saturated carbocycles. The van der Waals surface area contributed by atoms with E-state index in [2.05, 4.69) is 5.32 Å². The highest BCUT2D eigenvalue weighted by molar-refractivity contribution is 5.81. The Labute approximate surface area is 237 Å². The van der Waals surface area contributed by atoms with Gasteiger partial charge in [-0.05, 0) is 61.9 Å². The number of hydrogen-bond acceptors (Lipinski definition) is 5. The summed E-state index contributed by atoms with van der Waals surface area (Å²) in [6.45, 7) is 2.41. The first kappa shape index (κ1) is 32.5. The predicted octanol–water partition coefficient (Wildman–Crippen LogP) is 3.91. The van der Waals surface area contributed by atoms with Gasteiger partial charge in [-0.25, -0.2) is 4.39 Å². The second kappa shape index (κ2) is 14.2. The van der Waals surface area contributed by atoms with Crippen molar-refractivity contribution in [1.82, 2.24) is 15.5 Å². The molecule has 41 heavy (non-hydrogen) atoms. The fourth-order valence-corrected chi connectivity index (χ4v) is 5.58. The first-order valence-corrected chi connectivity index (χ1v) is 14.0. The van der Waals surface area contributed by atoms with Crippen LogP contribution in [0.15, 0.2) is 42.5 Å². The van der Waals surface area contributed by atoms with Gasteiger partial charge in [-0.15, -0.1) is 0 Å². The van der Waals surface area contributed by atoms with Gasteiger partial charge in [0.2, 0.25) is 5.91 Å². The van der Waals surface area contributed by atoms with Gasteiger partial charge in [0.05, 0.1) is 18.1 Å². The average molecular weight is 582 g/mol. The van der Waals surface area contributed by atoms with E-state index in [-0.39, 0.29) is 55.9 Å². The van der Waals surface area contributed by atoms with Crippen molar-refractivity contribution in [3.8, 4) is 11.1 Å². The molecule has 1 aliphatic rings. The van der Waals surface area contributed by atoms with Gasteiger partial charge < -0.3 is 25.7 Å². The quantitative estimate of drug-likeness (QED) is 0.225. The zero-order chi connectivity index (χ0) is 30.2. The van der Waals surface area contributed by atoms with Crippen molar-refractivity contribution in [3.05, 3.63) is 59.4 Å². The number of carbonyl (C=O) groups is 2. The average Bonchev–Trinajstić information content (AvgIpc) is 2.94. The van der Waals surface area contributed by atoms with Crippen LogP contribution in [0.3, 0.4) is 0 Å². The number of aliphatic hydroxyl groups excluding tert-OH is 1. The largest absolute Gasteiger partial charge is 0.471 e. The van der Waals surface area contributed by atoms with E-state index in [1.165, 1.54) is 12.1 Å². The highest BCUT2D eigenvalue weighted by Crippen LogP contribution is 2.44. The zero-order valence-electron chi connectivity index (χ0n) is 23.4. The Bertz CT molecular complexity index is 1190. The number of halogens is 4. The summed E-state index contributed by atoms with van der Waals surface area (Å²) in [5.74, 6) is -3.49. The third-order valence-corrected chi connectivity index (χ3v) is 7.68. The Morgan fingerprint density at radius 2 is 1.90 bits per heavy atom. The van der Waals surface area contributed by atoms with Gasteiger partial charge in [0.25, 0.3) is 0 Å². The Morgan fingerprint density at radius 3 is 2.59 bits per heavy atom. The second-order valence-corrected chi connectivity index (χ2v) is 10.6. The highest BCUT2D eigenvalue weighted by Gasteiger charge is 2.43. The molecule has 3 rings (SSSR count). The molecule has 0 aromatic heterocycles. The van der Waals surface area contributed by atoms with E-state index in [0.29, 0.717) is 31.4 Å². The molecular weight excluding hydrogens is 542 g/mol. The van der Waals surface area contributed by atoms with Crippen LogP contribution < -0.4 is 10.6 Å². The summed E-state index contributed by atoms with van der Waals surface area (Å²) < 4.78 is 53.6. The number of benzene rings is 2. The molecule has 2 aromatic carbocycles. The van der Waals surface area contributed by atoms with Crippen LogP contribution in [0.1, 0.15) is 50.2 Å². The number of nitrogens with one attached hydrogen (secondary N) is 2. The fraction of sp³-hybridized carbons (Fsp3) is 0.533. The highest BCUT2D eigenvalue weighted by atomic mass is 19.4. The molecule has 0 radical (unpaired) electrons. The van der Waals surface area contributed by atoms with Gasteiger partial charge in [0, 0.05) is 37.7 Å². The molecule has 1 saturated heterocycles. The number of carbonyl (C=O) groups excluding carboxylic acids is 2. The van der Waals surface area contributed by atoms with Crippen LogP contribution in [0.2, 0.25) is 0 Å². The lowest BCUT2D eigenvalue weighted by Gasteiger charge is -2.44. The lowest BCUT2D eigenvalue weighted by atomic mass is 9.72. The number of piperidine rings is 1. The van der Waals surface area contributed by atoms with Crippen molar-refractivity contribution >= 4 is 11.8 Å².